The maximum Gasteiger partial charge on any atom is 0.257 e. The van der Waals surface area contributed by atoms with Gasteiger partial charge >= 0.3 is 0 Å². The lowest BCUT2D eigenvalue weighted by Gasteiger charge is -2.04. The van der Waals surface area contributed by atoms with Gasteiger partial charge in [0, 0.05) is 17.8 Å². The molecule has 2 heterocycles. The summed E-state index contributed by atoms with van der Waals surface area (Å²) >= 11 is 1.37. The first kappa shape index (κ1) is 11.2. The molecule has 2 N–H and O–H groups in total. The highest BCUT2D eigenvalue weighted by atomic mass is 32.1. The molecule has 0 aliphatic carbocycles. The standard InChI is InChI=1S/C12H12N4OS/c1-7-15-16-12(18-7)14-11(17)9-3-2-8-4-5-13-10(8)6-9/h2-3,6,13H,4-5H2,1H3,(H,14,16,17). The molecule has 0 radical (unpaired) electrons. The normalized spacial score (nSPS) is 12.9. The zero-order valence-electron chi connectivity index (χ0n) is 9.86. The molecule has 6 heteroatoms. The highest BCUT2D eigenvalue weighted by Crippen LogP contribution is 2.24. The molecule has 0 saturated carbocycles. The van der Waals surface area contributed by atoms with Gasteiger partial charge in [-0.25, -0.2) is 0 Å². The Morgan fingerprint density at radius 3 is 3.11 bits per heavy atom. The van der Waals surface area contributed by atoms with E-state index in [4.69, 9.17) is 0 Å². The average molecular weight is 260 g/mol. The number of carbonyl (C=O) groups is 1. The SMILES string of the molecule is Cc1nnc(NC(=O)c2ccc3c(c2)NCC3)s1. The second-order valence-corrected chi connectivity index (χ2v) is 5.31. The van der Waals surface area contributed by atoms with E-state index in [1.165, 1.54) is 16.9 Å². The average Bonchev–Trinajstić information content (AvgIpc) is 2.96. The Kier molecular flexibility index (Phi) is 2.71. The molecule has 18 heavy (non-hydrogen) atoms. The van der Waals surface area contributed by atoms with Crippen LogP contribution < -0.4 is 10.6 Å². The summed E-state index contributed by atoms with van der Waals surface area (Å²) in [7, 11) is 0. The number of anilines is 2. The second-order valence-electron chi connectivity index (χ2n) is 4.13. The first-order chi connectivity index (χ1) is 8.72. The first-order valence-electron chi connectivity index (χ1n) is 5.70. The fourth-order valence-corrected chi connectivity index (χ4v) is 2.54. The van der Waals surface area contributed by atoms with Crippen molar-refractivity contribution in [1.29, 1.82) is 0 Å². The van der Waals surface area contributed by atoms with Crippen molar-refractivity contribution in [2.45, 2.75) is 13.3 Å². The molecule has 1 aliphatic heterocycles. The number of nitrogens with zero attached hydrogens (tertiary/aromatic N) is 2. The van der Waals surface area contributed by atoms with Crippen LogP contribution in [0.3, 0.4) is 0 Å². The summed E-state index contributed by atoms with van der Waals surface area (Å²) in [4.78, 5) is 12.0. The van der Waals surface area contributed by atoms with E-state index >= 15 is 0 Å². The van der Waals surface area contributed by atoms with Crippen LogP contribution in [0.15, 0.2) is 18.2 Å². The first-order valence-corrected chi connectivity index (χ1v) is 6.52. The van der Waals surface area contributed by atoms with E-state index in [9.17, 15) is 4.79 Å². The summed E-state index contributed by atoms with van der Waals surface area (Å²) in [5, 5.41) is 15.1. The van der Waals surface area contributed by atoms with Gasteiger partial charge in [-0.3, -0.25) is 10.1 Å². The van der Waals surface area contributed by atoms with Crippen LogP contribution in [0.4, 0.5) is 10.8 Å². The Balaban J connectivity index is 1.80. The van der Waals surface area contributed by atoms with E-state index in [1.54, 1.807) is 0 Å². The number of fused-ring (bicyclic) bond motifs is 1. The number of hydrogen-bond acceptors (Lipinski definition) is 5. The lowest BCUT2D eigenvalue weighted by molar-refractivity contribution is 0.102. The lowest BCUT2D eigenvalue weighted by atomic mass is 10.1. The number of rotatable bonds is 2. The van der Waals surface area contributed by atoms with Crippen LogP contribution in [0.2, 0.25) is 0 Å². The summed E-state index contributed by atoms with van der Waals surface area (Å²) < 4.78 is 0. The van der Waals surface area contributed by atoms with Crippen molar-refractivity contribution in [3.8, 4) is 0 Å². The van der Waals surface area contributed by atoms with E-state index in [-0.39, 0.29) is 5.91 Å². The van der Waals surface area contributed by atoms with Crippen LogP contribution in [0.25, 0.3) is 0 Å². The van der Waals surface area contributed by atoms with Crippen LogP contribution >= 0.6 is 11.3 Å². The zero-order chi connectivity index (χ0) is 12.5. The highest BCUT2D eigenvalue weighted by molar-refractivity contribution is 7.15. The van der Waals surface area contributed by atoms with E-state index in [1.807, 2.05) is 25.1 Å². The van der Waals surface area contributed by atoms with E-state index in [0.717, 1.165) is 23.7 Å². The quantitative estimate of drug-likeness (QED) is 0.867. The summed E-state index contributed by atoms with van der Waals surface area (Å²) in [6.45, 7) is 2.79. The second kappa shape index (κ2) is 4.38. The van der Waals surface area contributed by atoms with Gasteiger partial charge in [-0.2, -0.15) is 0 Å². The number of carbonyl (C=O) groups excluding carboxylic acids is 1. The van der Waals surface area contributed by atoms with Gasteiger partial charge in [0.15, 0.2) is 0 Å². The van der Waals surface area contributed by atoms with Crippen molar-refractivity contribution in [3.63, 3.8) is 0 Å². The van der Waals surface area contributed by atoms with Gasteiger partial charge < -0.3 is 5.32 Å². The molecule has 2 aromatic rings. The van der Waals surface area contributed by atoms with E-state index < -0.39 is 0 Å². The Bertz CT molecular complexity index is 608. The third-order valence-electron chi connectivity index (χ3n) is 2.83. The Morgan fingerprint density at radius 2 is 2.33 bits per heavy atom. The van der Waals surface area contributed by atoms with Crippen molar-refractivity contribution in [1.82, 2.24) is 10.2 Å². The third kappa shape index (κ3) is 2.06. The minimum absolute atomic E-state index is 0.150. The molecule has 0 unspecified atom stereocenters. The van der Waals surface area contributed by atoms with Crippen LogP contribution in [-0.2, 0) is 6.42 Å². The van der Waals surface area contributed by atoms with Gasteiger partial charge in [-0.05, 0) is 31.0 Å². The van der Waals surface area contributed by atoms with E-state index in [0.29, 0.717) is 10.7 Å². The molecule has 1 aromatic carbocycles. The minimum Gasteiger partial charge on any atom is -0.384 e. The van der Waals surface area contributed by atoms with Crippen molar-refractivity contribution >= 4 is 28.1 Å². The van der Waals surface area contributed by atoms with Gasteiger partial charge in [0.1, 0.15) is 5.01 Å². The lowest BCUT2D eigenvalue weighted by Crippen LogP contribution is -2.11. The molecule has 0 saturated heterocycles. The number of aryl methyl sites for hydroxylation is 1. The molecule has 0 fully saturated rings. The molecule has 3 rings (SSSR count). The van der Waals surface area contributed by atoms with Gasteiger partial charge in [-0.15, -0.1) is 10.2 Å². The van der Waals surface area contributed by atoms with Crippen molar-refractivity contribution in [2.75, 3.05) is 17.2 Å². The third-order valence-corrected chi connectivity index (χ3v) is 3.58. The predicted molar refractivity (Wildman–Crippen MR) is 71.2 cm³/mol. The molecule has 0 bridgehead atoms. The summed E-state index contributed by atoms with van der Waals surface area (Å²) in [6.07, 6.45) is 1.02. The molecular weight excluding hydrogens is 248 g/mol. The number of benzene rings is 1. The zero-order valence-corrected chi connectivity index (χ0v) is 10.7. The van der Waals surface area contributed by atoms with Crippen LogP contribution in [0.5, 0.6) is 0 Å². The molecule has 1 aliphatic rings. The predicted octanol–water partition coefficient (Wildman–Crippen LogP) is 2.07. The molecule has 1 amide bonds. The fraction of sp³-hybridized carbons (Fsp3) is 0.250. The minimum atomic E-state index is -0.150. The number of aromatic nitrogens is 2. The fourth-order valence-electron chi connectivity index (χ4n) is 1.95. The highest BCUT2D eigenvalue weighted by Gasteiger charge is 2.14. The van der Waals surface area contributed by atoms with Crippen molar-refractivity contribution < 1.29 is 4.79 Å². The van der Waals surface area contributed by atoms with Gasteiger partial charge in [0.2, 0.25) is 5.13 Å². The van der Waals surface area contributed by atoms with Gasteiger partial charge in [-0.1, -0.05) is 17.4 Å². The van der Waals surface area contributed by atoms with E-state index in [2.05, 4.69) is 20.8 Å². The molecular formula is C12H12N4OS. The summed E-state index contributed by atoms with van der Waals surface area (Å²) in [5.41, 5.74) is 2.95. The number of amides is 1. The molecule has 0 spiro atoms. The molecule has 1 aromatic heterocycles. The Morgan fingerprint density at radius 1 is 1.44 bits per heavy atom. The van der Waals surface area contributed by atoms with Crippen LogP contribution in [0.1, 0.15) is 20.9 Å². The largest absolute Gasteiger partial charge is 0.384 e. The van der Waals surface area contributed by atoms with Crippen molar-refractivity contribution in [2.24, 2.45) is 0 Å². The maximum atomic E-state index is 12.0. The topological polar surface area (TPSA) is 66.9 Å². The molecule has 0 atom stereocenters. The number of hydrogen-bond donors (Lipinski definition) is 2. The molecule has 92 valence electrons. The number of nitrogens with one attached hydrogen (secondary N) is 2. The van der Waals surface area contributed by atoms with Gasteiger partial charge in [0.25, 0.3) is 5.91 Å². The maximum absolute atomic E-state index is 12.0. The Labute approximate surface area is 108 Å². The monoisotopic (exact) mass is 260 g/mol. The smallest absolute Gasteiger partial charge is 0.257 e. The van der Waals surface area contributed by atoms with Gasteiger partial charge in [0.05, 0.1) is 0 Å². The van der Waals surface area contributed by atoms with Crippen molar-refractivity contribution in [3.05, 3.63) is 34.3 Å². The summed E-state index contributed by atoms with van der Waals surface area (Å²) in [6, 6.07) is 5.72. The molecule has 5 nitrogen and oxygen atoms in total. The van der Waals surface area contributed by atoms with Crippen LogP contribution in [-0.4, -0.2) is 22.6 Å². The summed E-state index contributed by atoms with van der Waals surface area (Å²) in [5.74, 6) is -0.150. The Hall–Kier alpha value is -1.95. The van der Waals surface area contributed by atoms with Crippen LogP contribution in [0, 0.1) is 6.92 Å².